The predicted octanol–water partition coefficient (Wildman–Crippen LogP) is 1.54. The molecule has 0 unspecified atom stereocenters. The normalized spacial score (nSPS) is 10.2. The summed E-state index contributed by atoms with van der Waals surface area (Å²) in [7, 11) is 0. The monoisotopic (exact) mass is 246 g/mol. The molecule has 0 spiro atoms. The number of nitrogens with two attached hydrogens (primary N) is 1. The third-order valence-electron chi connectivity index (χ3n) is 2.55. The van der Waals surface area contributed by atoms with E-state index in [2.05, 4.69) is 5.32 Å². The van der Waals surface area contributed by atoms with Crippen molar-refractivity contribution in [3.05, 3.63) is 47.9 Å². The minimum atomic E-state index is -0.355. The first kappa shape index (κ1) is 12.0. The maximum absolute atomic E-state index is 11.8. The van der Waals surface area contributed by atoms with Crippen LogP contribution < -0.4 is 11.1 Å². The van der Waals surface area contributed by atoms with E-state index in [1.54, 1.807) is 18.4 Å². The standard InChI is InChI=1S/C13H14N2O3/c14-11-5-1-4-10(12(11)16)13(17)15-7-6-9-3-2-8-18-9/h1-5,8,16H,6-7,14H2,(H,15,17). The van der Waals surface area contributed by atoms with Crippen LogP contribution in [-0.4, -0.2) is 17.6 Å². The molecule has 18 heavy (non-hydrogen) atoms. The number of nitrogen functional groups attached to an aromatic ring is 1. The number of hydrogen-bond acceptors (Lipinski definition) is 4. The number of phenols is 1. The molecule has 2 aromatic rings. The van der Waals surface area contributed by atoms with Crippen LogP contribution in [0.15, 0.2) is 41.0 Å². The van der Waals surface area contributed by atoms with Crippen molar-refractivity contribution < 1.29 is 14.3 Å². The van der Waals surface area contributed by atoms with Gasteiger partial charge in [0.15, 0.2) is 5.75 Å². The Hall–Kier alpha value is -2.43. The van der Waals surface area contributed by atoms with Gasteiger partial charge in [-0.2, -0.15) is 0 Å². The summed E-state index contributed by atoms with van der Waals surface area (Å²) < 4.78 is 5.14. The number of carbonyl (C=O) groups is 1. The Balaban J connectivity index is 1.93. The number of carbonyl (C=O) groups excluding carboxylic acids is 1. The van der Waals surface area contributed by atoms with Crippen LogP contribution in [0, 0.1) is 0 Å². The Morgan fingerprint density at radius 2 is 2.17 bits per heavy atom. The van der Waals surface area contributed by atoms with Gasteiger partial charge < -0.3 is 20.6 Å². The van der Waals surface area contributed by atoms with Crippen molar-refractivity contribution in [2.75, 3.05) is 12.3 Å². The molecule has 5 nitrogen and oxygen atoms in total. The van der Waals surface area contributed by atoms with Crippen molar-refractivity contribution >= 4 is 11.6 Å². The van der Waals surface area contributed by atoms with Crippen LogP contribution in [0.1, 0.15) is 16.1 Å². The molecule has 0 fully saturated rings. The number of rotatable bonds is 4. The van der Waals surface area contributed by atoms with Gasteiger partial charge in [0.2, 0.25) is 0 Å². The van der Waals surface area contributed by atoms with Crippen LogP contribution in [0.5, 0.6) is 5.75 Å². The first-order chi connectivity index (χ1) is 8.68. The number of anilines is 1. The molecule has 0 aliphatic heterocycles. The minimum Gasteiger partial charge on any atom is -0.505 e. The van der Waals surface area contributed by atoms with Gasteiger partial charge in [-0.25, -0.2) is 0 Å². The van der Waals surface area contributed by atoms with Crippen LogP contribution in [0.25, 0.3) is 0 Å². The van der Waals surface area contributed by atoms with Gasteiger partial charge in [-0.1, -0.05) is 6.07 Å². The lowest BCUT2D eigenvalue weighted by Crippen LogP contribution is -2.25. The molecule has 0 bridgehead atoms. The third-order valence-corrected chi connectivity index (χ3v) is 2.55. The lowest BCUT2D eigenvalue weighted by Gasteiger charge is -2.07. The molecule has 0 saturated heterocycles. The Kier molecular flexibility index (Phi) is 3.52. The molecule has 4 N–H and O–H groups in total. The molecule has 0 aliphatic carbocycles. The molecule has 0 atom stereocenters. The van der Waals surface area contributed by atoms with Crippen LogP contribution in [0.3, 0.4) is 0 Å². The average molecular weight is 246 g/mol. The number of para-hydroxylation sites is 1. The summed E-state index contributed by atoms with van der Waals surface area (Å²) in [6.45, 7) is 0.431. The van der Waals surface area contributed by atoms with E-state index in [1.165, 1.54) is 12.1 Å². The summed E-state index contributed by atoms with van der Waals surface area (Å²) in [5.41, 5.74) is 5.88. The number of phenolic OH excluding ortho intramolecular Hbond substituents is 1. The van der Waals surface area contributed by atoms with E-state index in [0.717, 1.165) is 5.76 Å². The SMILES string of the molecule is Nc1cccc(C(=O)NCCc2ccco2)c1O. The van der Waals surface area contributed by atoms with Crippen molar-refractivity contribution in [1.29, 1.82) is 0 Å². The number of amides is 1. The van der Waals surface area contributed by atoms with Crippen molar-refractivity contribution in [3.63, 3.8) is 0 Å². The fraction of sp³-hybridized carbons (Fsp3) is 0.154. The van der Waals surface area contributed by atoms with Crippen LogP contribution in [0.4, 0.5) is 5.69 Å². The van der Waals surface area contributed by atoms with E-state index in [9.17, 15) is 9.90 Å². The van der Waals surface area contributed by atoms with Crippen LogP contribution >= 0.6 is 0 Å². The second-order valence-electron chi connectivity index (χ2n) is 3.83. The lowest BCUT2D eigenvalue weighted by atomic mass is 10.1. The molecule has 1 aromatic heterocycles. The Bertz CT molecular complexity index is 535. The molecule has 1 aromatic carbocycles. The van der Waals surface area contributed by atoms with E-state index in [-0.39, 0.29) is 22.9 Å². The fourth-order valence-corrected chi connectivity index (χ4v) is 1.59. The number of hydrogen-bond donors (Lipinski definition) is 3. The van der Waals surface area contributed by atoms with Gasteiger partial charge in [0.1, 0.15) is 5.76 Å². The summed E-state index contributed by atoms with van der Waals surface area (Å²) in [5, 5.41) is 12.3. The Morgan fingerprint density at radius 3 is 2.89 bits per heavy atom. The molecule has 0 saturated carbocycles. The highest BCUT2D eigenvalue weighted by molar-refractivity contribution is 5.98. The second-order valence-corrected chi connectivity index (χ2v) is 3.83. The molecule has 94 valence electrons. The van der Waals surface area contributed by atoms with E-state index in [4.69, 9.17) is 10.2 Å². The summed E-state index contributed by atoms with van der Waals surface area (Å²) in [4.78, 5) is 11.8. The molecule has 0 aliphatic rings. The Morgan fingerprint density at radius 1 is 1.33 bits per heavy atom. The van der Waals surface area contributed by atoms with Gasteiger partial charge in [-0.15, -0.1) is 0 Å². The fourth-order valence-electron chi connectivity index (χ4n) is 1.59. The number of aromatic hydroxyl groups is 1. The molecule has 0 radical (unpaired) electrons. The largest absolute Gasteiger partial charge is 0.505 e. The van der Waals surface area contributed by atoms with E-state index >= 15 is 0 Å². The van der Waals surface area contributed by atoms with Crippen molar-refractivity contribution in [1.82, 2.24) is 5.32 Å². The zero-order chi connectivity index (χ0) is 13.0. The molecule has 1 amide bonds. The summed E-state index contributed by atoms with van der Waals surface area (Å²) in [6.07, 6.45) is 2.18. The molecular weight excluding hydrogens is 232 g/mol. The number of furan rings is 1. The van der Waals surface area contributed by atoms with E-state index in [1.807, 2.05) is 6.07 Å². The lowest BCUT2D eigenvalue weighted by molar-refractivity contribution is 0.0951. The summed E-state index contributed by atoms with van der Waals surface area (Å²) in [5.74, 6) is 0.256. The predicted molar refractivity (Wildman–Crippen MR) is 67.3 cm³/mol. The molecule has 2 rings (SSSR count). The molecular formula is C13H14N2O3. The maximum Gasteiger partial charge on any atom is 0.255 e. The number of benzene rings is 1. The highest BCUT2D eigenvalue weighted by atomic mass is 16.3. The second kappa shape index (κ2) is 5.27. The zero-order valence-electron chi connectivity index (χ0n) is 9.72. The van der Waals surface area contributed by atoms with E-state index in [0.29, 0.717) is 13.0 Å². The number of nitrogens with one attached hydrogen (secondary N) is 1. The first-order valence-electron chi connectivity index (χ1n) is 5.56. The first-order valence-corrected chi connectivity index (χ1v) is 5.56. The third kappa shape index (κ3) is 2.63. The highest BCUT2D eigenvalue weighted by Gasteiger charge is 2.12. The van der Waals surface area contributed by atoms with Gasteiger partial charge in [0.05, 0.1) is 17.5 Å². The topological polar surface area (TPSA) is 88.5 Å². The minimum absolute atomic E-state index is 0.175. The molecule has 1 heterocycles. The highest BCUT2D eigenvalue weighted by Crippen LogP contribution is 2.23. The van der Waals surface area contributed by atoms with Gasteiger partial charge in [0.25, 0.3) is 5.91 Å². The van der Waals surface area contributed by atoms with Gasteiger partial charge in [-0.3, -0.25) is 4.79 Å². The van der Waals surface area contributed by atoms with Gasteiger partial charge >= 0.3 is 0 Å². The summed E-state index contributed by atoms with van der Waals surface area (Å²) in [6, 6.07) is 8.31. The van der Waals surface area contributed by atoms with Crippen molar-refractivity contribution in [3.8, 4) is 5.75 Å². The van der Waals surface area contributed by atoms with E-state index < -0.39 is 0 Å². The van der Waals surface area contributed by atoms with Crippen molar-refractivity contribution in [2.45, 2.75) is 6.42 Å². The van der Waals surface area contributed by atoms with Crippen molar-refractivity contribution in [2.24, 2.45) is 0 Å². The Labute approximate surface area is 104 Å². The smallest absolute Gasteiger partial charge is 0.255 e. The summed E-state index contributed by atoms with van der Waals surface area (Å²) >= 11 is 0. The quantitative estimate of drug-likeness (QED) is 0.564. The average Bonchev–Trinajstić information content (AvgIpc) is 2.85. The zero-order valence-corrected chi connectivity index (χ0v) is 9.72. The van der Waals surface area contributed by atoms with Gasteiger partial charge in [0, 0.05) is 13.0 Å². The van der Waals surface area contributed by atoms with Gasteiger partial charge in [-0.05, 0) is 24.3 Å². The molecule has 5 heteroatoms. The maximum atomic E-state index is 11.8. The van der Waals surface area contributed by atoms with Crippen LogP contribution in [0.2, 0.25) is 0 Å². The van der Waals surface area contributed by atoms with Crippen LogP contribution in [-0.2, 0) is 6.42 Å².